The average molecular weight is 343 g/mol. The summed E-state index contributed by atoms with van der Waals surface area (Å²) in [7, 11) is 0. The highest BCUT2D eigenvalue weighted by Crippen LogP contribution is 2.30. The summed E-state index contributed by atoms with van der Waals surface area (Å²) >= 11 is 0. The summed E-state index contributed by atoms with van der Waals surface area (Å²) in [5.41, 5.74) is 11.3. The molecule has 2 aromatic heterocycles. The summed E-state index contributed by atoms with van der Waals surface area (Å²) in [6.45, 7) is 1.66. The zero-order valence-corrected chi connectivity index (χ0v) is 14.1. The number of nitrogens with zero attached hydrogens (tertiary/aromatic N) is 6. The van der Waals surface area contributed by atoms with E-state index in [0.29, 0.717) is 11.5 Å². The van der Waals surface area contributed by atoms with Crippen LogP contribution in [-0.2, 0) is 13.0 Å². The van der Waals surface area contributed by atoms with E-state index < -0.39 is 0 Å². The number of benzene rings is 2. The van der Waals surface area contributed by atoms with Gasteiger partial charge in [0.05, 0.1) is 5.52 Å². The number of hydrogen-bond acceptors (Lipinski definition) is 6. The van der Waals surface area contributed by atoms with Crippen LogP contribution in [0, 0.1) is 0 Å². The van der Waals surface area contributed by atoms with E-state index in [4.69, 9.17) is 5.73 Å². The van der Waals surface area contributed by atoms with Crippen LogP contribution in [0.25, 0.3) is 16.9 Å². The fraction of sp³-hybridized carbons (Fsp3) is 0.158. The minimum atomic E-state index is 0.516. The number of anilines is 2. The molecule has 4 aromatic rings. The van der Waals surface area contributed by atoms with Crippen molar-refractivity contribution in [3.63, 3.8) is 0 Å². The predicted octanol–water partition coefficient (Wildman–Crippen LogP) is 2.36. The molecule has 0 atom stereocenters. The van der Waals surface area contributed by atoms with Gasteiger partial charge in [-0.05, 0) is 29.7 Å². The second-order valence-electron chi connectivity index (χ2n) is 6.36. The topological polar surface area (TPSA) is 85.8 Å². The van der Waals surface area contributed by atoms with Crippen LogP contribution >= 0.6 is 0 Å². The zero-order chi connectivity index (χ0) is 17.5. The molecule has 7 nitrogen and oxygen atoms in total. The maximum Gasteiger partial charge on any atom is 0.184 e. The minimum absolute atomic E-state index is 0.516. The maximum atomic E-state index is 6.46. The van der Waals surface area contributed by atoms with Gasteiger partial charge in [0, 0.05) is 13.1 Å². The third-order valence-corrected chi connectivity index (χ3v) is 4.82. The molecule has 0 bridgehead atoms. The molecule has 0 aliphatic carbocycles. The average Bonchev–Trinajstić information content (AvgIpc) is 3.12. The number of para-hydroxylation sites is 1. The SMILES string of the molecule is Nc1c(N2CCc3ccccc3C2)ncnc1-n1nnc2ccccc21. The Bertz CT molecular complexity index is 1100. The van der Waals surface area contributed by atoms with Gasteiger partial charge in [-0.2, -0.15) is 4.68 Å². The van der Waals surface area contributed by atoms with Crippen molar-refractivity contribution < 1.29 is 0 Å². The number of rotatable bonds is 2. The van der Waals surface area contributed by atoms with Crippen molar-refractivity contribution in [2.24, 2.45) is 0 Å². The Morgan fingerprint density at radius 2 is 1.65 bits per heavy atom. The van der Waals surface area contributed by atoms with Crippen LogP contribution in [0.4, 0.5) is 11.5 Å². The van der Waals surface area contributed by atoms with Gasteiger partial charge in [-0.25, -0.2) is 9.97 Å². The third kappa shape index (κ3) is 2.28. The maximum absolute atomic E-state index is 6.46. The Balaban J connectivity index is 1.57. The third-order valence-electron chi connectivity index (χ3n) is 4.82. The van der Waals surface area contributed by atoms with Gasteiger partial charge >= 0.3 is 0 Å². The number of hydrogen-bond donors (Lipinski definition) is 1. The first-order chi connectivity index (χ1) is 12.8. The molecule has 26 heavy (non-hydrogen) atoms. The van der Waals surface area contributed by atoms with E-state index in [9.17, 15) is 0 Å². The fourth-order valence-electron chi connectivity index (χ4n) is 3.50. The Labute approximate surface area is 150 Å². The Morgan fingerprint density at radius 1 is 0.885 bits per heavy atom. The first-order valence-electron chi connectivity index (χ1n) is 8.54. The van der Waals surface area contributed by atoms with Crippen LogP contribution in [0.1, 0.15) is 11.1 Å². The number of aromatic nitrogens is 5. The van der Waals surface area contributed by atoms with E-state index in [1.807, 2.05) is 24.3 Å². The zero-order valence-electron chi connectivity index (χ0n) is 14.1. The van der Waals surface area contributed by atoms with Crippen LogP contribution in [0.3, 0.4) is 0 Å². The summed E-state index contributed by atoms with van der Waals surface area (Å²) in [4.78, 5) is 11.0. The molecular weight excluding hydrogens is 326 g/mol. The lowest BCUT2D eigenvalue weighted by atomic mass is 10.00. The molecule has 5 rings (SSSR count). The van der Waals surface area contributed by atoms with Gasteiger partial charge in [0.25, 0.3) is 0 Å². The minimum Gasteiger partial charge on any atom is -0.393 e. The molecule has 7 heteroatoms. The highest BCUT2D eigenvalue weighted by atomic mass is 15.4. The molecule has 1 aliphatic heterocycles. The lowest BCUT2D eigenvalue weighted by Gasteiger charge is -2.30. The summed E-state index contributed by atoms with van der Waals surface area (Å²) < 4.78 is 1.67. The van der Waals surface area contributed by atoms with Crippen molar-refractivity contribution in [2.75, 3.05) is 17.2 Å². The van der Waals surface area contributed by atoms with Crippen LogP contribution < -0.4 is 10.6 Å². The molecule has 0 fully saturated rings. The summed E-state index contributed by atoms with van der Waals surface area (Å²) in [6, 6.07) is 16.2. The molecule has 0 unspecified atom stereocenters. The van der Waals surface area contributed by atoms with Crippen LogP contribution in [0.2, 0.25) is 0 Å². The number of fused-ring (bicyclic) bond motifs is 2. The van der Waals surface area contributed by atoms with Crippen molar-refractivity contribution in [3.8, 4) is 5.82 Å². The first-order valence-corrected chi connectivity index (χ1v) is 8.54. The monoisotopic (exact) mass is 343 g/mol. The molecule has 0 saturated heterocycles. The quantitative estimate of drug-likeness (QED) is 0.601. The second kappa shape index (κ2) is 5.80. The van der Waals surface area contributed by atoms with Gasteiger partial charge in [0.15, 0.2) is 11.6 Å². The summed E-state index contributed by atoms with van der Waals surface area (Å²) in [5.74, 6) is 1.30. The van der Waals surface area contributed by atoms with E-state index >= 15 is 0 Å². The van der Waals surface area contributed by atoms with E-state index in [-0.39, 0.29) is 0 Å². The molecule has 2 N–H and O–H groups in total. The largest absolute Gasteiger partial charge is 0.393 e. The lowest BCUT2D eigenvalue weighted by Crippen LogP contribution is -2.32. The van der Waals surface area contributed by atoms with Crippen molar-refractivity contribution in [2.45, 2.75) is 13.0 Å². The molecule has 0 radical (unpaired) electrons. The van der Waals surface area contributed by atoms with E-state index in [1.165, 1.54) is 17.5 Å². The Hall–Kier alpha value is -3.48. The highest BCUT2D eigenvalue weighted by molar-refractivity contribution is 5.79. The first kappa shape index (κ1) is 14.8. The van der Waals surface area contributed by atoms with Crippen LogP contribution in [0.15, 0.2) is 54.9 Å². The molecule has 0 amide bonds. The van der Waals surface area contributed by atoms with Crippen molar-refractivity contribution in [3.05, 3.63) is 66.0 Å². The van der Waals surface area contributed by atoms with Crippen molar-refractivity contribution >= 4 is 22.5 Å². The van der Waals surface area contributed by atoms with Gasteiger partial charge in [-0.3, -0.25) is 0 Å². The van der Waals surface area contributed by atoms with Gasteiger partial charge in [-0.15, -0.1) is 5.10 Å². The normalized spacial score (nSPS) is 13.8. The second-order valence-corrected chi connectivity index (χ2v) is 6.36. The van der Waals surface area contributed by atoms with E-state index in [2.05, 4.69) is 49.4 Å². The molecule has 1 aliphatic rings. The van der Waals surface area contributed by atoms with E-state index in [1.54, 1.807) is 4.68 Å². The molecular formula is C19H17N7. The molecule has 128 valence electrons. The standard InChI is InChI=1S/C19H17N7/c20-17-18(25-10-9-13-5-1-2-6-14(13)11-25)21-12-22-19(17)26-16-8-4-3-7-15(16)23-24-26/h1-8,12H,9-11,20H2. The highest BCUT2D eigenvalue weighted by Gasteiger charge is 2.22. The Kier molecular flexibility index (Phi) is 3.31. The molecule has 0 saturated carbocycles. The van der Waals surface area contributed by atoms with E-state index in [0.717, 1.165) is 36.4 Å². The fourth-order valence-corrected chi connectivity index (χ4v) is 3.50. The lowest BCUT2D eigenvalue weighted by molar-refractivity contribution is 0.717. The Morgan fingerprint density at radius 3 is 2.58 bits per heavy atom. The summed E-state index contributed by atoms with van der Waals surface area (Å²) in [6.07, 6.45) is 2.51. The van der Waals surface area contributed by atoms with Crippen LogP contribution in [-0.4, -0.2) is 31.5 Å². The number of nitrogens with two attached hydrogens (primary N) is 1. The number of nitrogen functional groups attached to an aromatic ring is 1. The van der Waals surface area contributed by atoms with Gasteiger partial charge < -0.3 is 10.6 Å². The molecule has 3 heterocycles. The van der Waals surface area contributed by atoms with Gasteiger partial charge in [0.1, 0.15) is 17.5 Å². The predicted molar refractivity (Wildman–Crippen MR) is 100 cm³/mol. The molecule has 0 spiro atoms. The van der Waals surface area contributed by atoms with Crippen molar-refractivity contribution in [1.29, 1.82) is 0 Å². The van der Waals surface area contributed by atoms with Gasteiger partial charge in [-0.1, -0.05) is 41.6 Å². The smallest absolute Gasteiger partial charge is 0.184 e. The summed E-state index contributed by atoms with van der Waals surface area (Å²) in [5, 5.41) is 8.42. The van der Waals surface area contributed by atoms with Gasteiger partial charge in [0.2, 0.25) is 0 Å². The van der Waals surface area contributed by atoms with Crippen LogP contribution in [0.5, 0.6) is 0 Å². The molecule has 2 aromatic carbocycles. The van der Waals surface area contributed by atoms with Crippen molar-refractivity contribution in [1.82, 2.24) is 25.0 Å².